The average molecular weight is 333 g/mol. The first-order chi connectivity index (χ1) is 11.8. The molecule has 4 rings (SSSR count). The molecule has 3 unspecified atom stereocenters. The molecule has 1 aromatic rings. The molecule has 0 N–H and O–H groups in total. The number of likely N-dealkylation sites (tertiary alicyclic amines) is 1. The Labute approximate surface area is 143 Å². The van der Waals surface area contributed by atoms with Crippen molar-refractivity contribution < 1.29 is 9.53 Å². The predicted octanol–water partition coefficient (Wildman–Crippen LogP) is 0.912. The van der Waals surface area contributed by atoms with Gasteiger partial charge in [0.05, 0.1) is 31.8 Å². The third kappa shape index (κ3) is 3.32. The number of aromatic nitrogens is 3. The number of morpholine rings is 1. The molecule has 3 aliphatic rings. The fourth-order valence-corrected chi connectivity index (χ4v) is 4.52. The van der Waals surface area contributed by atoms with Crippen molar-refractivity contribution in [1.29, 1.82) is 0 Å². The molecule has 1 saturated carbocycles. The second-order valence-electron chi connectivity index (χ2n) is 7.23. The average Bonchev–Trinajstić information content (AvgIpc) is 3.27. The van der Waals surface area contributed by atoms with Gasteiger partial charge in [0.2, 0.25) is 5.91 Å². The minimum atomic E-state index is 0.265. The van der Waals surface area contributed by atoms with Gasteiger partial charge < -0.3 is 9.64 Å². The Morgan fingerprint density at radius 2 is 2.08 bits per heavy atom. The van der Waals surface area contributed by atoms with E-state index in [-0.39, 0.29) is 12.0 Å². The molecule has 2 saturated heterocycles. The summed E-state index contributed by atoms with van der Waals surface area (Å²) in [5.74, 6) is 0.278. The first-order valence-electron chi connectivity index (χ1n) is 9.29. The topological polar surface area (TPSA) is 63.5 Å². The first kappa shape index (κ1) is 16.0. The molecule has 0 spiro atoms. The van der Waals surface area contributed by atoms with Crippen LogP contribution in [0.2, 0.25) is 0 Å². The highest BCUT2D eigenvalue weighted by Crippen LogP contribution is 2.29. The summed E-state index contributed by atoms with van der Waals surface area (Å²) in [5, 5.41) is 4.20. The third-order valence-electron chi connectivity index (χ3n) is 5.75. The van der Waals surface area contributed by atoms with Crippen molar-refractivity contribution in [2.45, 2.75) is 63.3 Å². The van der Waals surface area contributed by atoms with Gasteiger partial charge in [0, 0.05) is 12.6 Å². The lowest BCUT2D eigenvalue weighted by Crippen LogP contribution is -2.57. The van der Waals surface area contributed by atoms with E-state index in [0.717, 1.165) is 45.3 Å². The summed E-state index contributed by atoms with van der Waals surface area (Å²) in [4.78, 5) is 21.4. The minimum Gasteiger partial charge on any atom is -0.374 e. The quantitative estimate of drug-likeness (QED) is 0.820. The van der Waals surface area contributed by atoms with Crippen molar-refractivity contribution in [2.24, 2.45) is 0 Å². The van der Waals surface area contributed by atoms with E-state index in [2.05, 4.69) is 19.9 Å². The third-order valence-corrected chi connectivity index (χ3v) is 5.75. The summed E-state index contributed by atoms with van der Waals surface area (Å²) in [6.45, 7) is 3.80. The van der Waals surface area contributed by atoms with E-state index in [0.29, 0.717) is 25.2 Å². The largest absolute Gasteiger partial charge is 0.374 e. The van der Waals surface area contributed by atoms with Gasteiger partial charge in [-0.15, -0.1) is 0 Å². The van der Waals surface area contributed by atoms with Gasteiger partial charge in [0.1, 0.15) is 12.7 Å². The molecule has 2 aliphatic heterocycles. The van der Waals surface area contributed by atoms with E-state index in [1.807, 2.05) is 4.68 Å². The van der Waals surface area contributed by atoms with Crippen molar-refractivity contribution >= 4 is 5.91 Å². The Hall–Kier alpha value is -1.47. The fraction of sp³-hybridized carbons (Fsp3) is 0.824. The minimum absolute atomic E-state index is 0.265. The van der Waals surface area contributed by atoms with Crippen molar-refractivity contribution in [3.63, 3.8) is 0 Å². The van der Waals surface area contributed by atoms with Crippen molar-refractivity contribution in [2.75, 3.05) is 26.2 Å². The highest BCUT2D eigenvalue weighted by atomic mass is 16.5. The summed E-state index contributed by atoms with van der Waals surface area (Å²) < 4.78 is 7.77. The van der Waals surface area contributed by atoms with Gasteiger partial charge in [0.25, 0.3) is 0 Å². The molecule has 1 aromatic heterocycles. The van der Waals surface area contributed by atoms with E-state index in [1.54, 1.807) is 12.7 Å². The van der Waals surface area contributed by atoms with E-state index >= 15 is 0 Å². The Morgan fingerprint density at radius 1 is 1.17 bits per heavy atom. The lowest BCUT2D eigenvalue weighted by atomic mass is 9.90. The van der Waals surface area contributed by atoms with Crippen LogP contribution in [0, 0.1) is 0 Å². The molecule has 0 radical (unpaired) electrons. The standard InChI is InChI=1S/C17H27N5O2/c23-17(22-8-9-24-16-6-2-1-5-15(16)22)11-20-7-3-4-14(20)10-21-13-18-12-19-21/h12-16H,1-11H2. The second-order valence-corrected chi connectivity index (χ2v) is 7.23. The Morgan fingerprint density at radius 3 is 2.96 bits per heavy atom. The van der Waals surface area contributed by atoms with Gasteiger partial charge in [0.15, 0.2) is 0 Å². The Kier molecular flexibility index (Phi) is 4.80. The molecule has 24 heavy (non-hydrogen) atoms. The van der Waals surface area contributed by atoms with Crippen LogP contribution in [0.1, 0.15) is 38.5 Å². The Bertz CT molecular complexity index is 547. The van der Waals surface area contributed by atoms with Crippen molar-refractivity contribution in [3.05, 3.63) is 12.7 Å². The summed E-state index contributed by atoms with van der Waals surface area (Å²) in [6, 6.07) is 0.690. The lowest BCUT2D eigenvalue weighted by Gasteiger charge is -2.44. The lowest BCUT2D eigenvalue weighted by molar-refractivity contribution is -0.150. The molecule has 3 heterocycles. The van der Waals surface area contributed by atoms with Gasteiger partial charge in [-0.2, -0.15) is 5.10 Å². The van der Waals surface area contributed by atoms with Gasteiger partial charge in [-0.1, -0.05) is 12.8 Å². The molecule has 0 aromatic carbocycles. The summed E-state index contributed by atoms with van der Waals surface area (Å²) in [7, 11) is 0. The molecule has 132 valence electrons. The van der Waals surface area contributed by atoms with Gasteiger partial charge >= 0.3 is 0 Å². The molecular weight excluding hydrogens is 306 g/mol. The predicted molar refractivity (Wildman–Crippen MR) is 88.3 cm³/mol. The number of hydrogen-bond acceptors (Lipinski definition) is 5. The Balaban J connectivity index is 1.37. The van der Waals surface area contributed by atoms with E-state index in [4.69, 9.17) is 4.74 Å². The summed E-state index contributed by atoms with van der Waals surface area (Å²) in [5.41, 5.74) is 0. The monoisotopic (exact) mass is 333 g/mol. The number of amides is 1. The summed E-state index contributed by atoms with van der Waals surface area (Å²) in [6.07, 6.45) is 10.5. The van der Waals surface area contributed by atoms with Crippen LogP contribution in [0.3, 0.4) is 0 Å². The number of ether oxygens (including phenoxy) is 1. The van der Waals surface area contributed by atoms with Crippen LogP contribution < -0.4 is 0 Å². The zero-order valence-electron chi connectivity index (χ0n) is 14.2. The van der Waals surface area contributed by atoms with Crippen LogP contribution in [0.25, 0.3) is 0 Å². The molecular formula is C17H27N5O2. The van der Waals surface area contributed by atoms with E-state index in [9.17, 15) is 4.79 Å². The first-order valence-corrected chi connectivity index (χ1v) is 9.29. The maximum Gasteiger partial charge on any atom is 0.237 e. The van der Waals surface area contributed by atoms with Gasteiger partial charge in [-0.25, -0.2) is 4.98 Å². The zero-order valence-corrected chi connectivity index (χ0v) is 14.2. The molecule has 3 fully saturated rings. The number of carbonyl (C=O) groups is 1. The van der Waals surface area contributed by atoms with E-state index in [1.165, 1.54) is 12.8 Å². The fourth-order valence-electron chi connectivity index (χ4n) is 4.52. The maximum atomic E-state index is 13.0. The number of hydrogen-bond donors (Lipinski definition) is 0. The molecule has 1 aliphatic carbocycles. The SMILES string of the molecule is O=C(CN1CCCC1Cn1cncn1)N1CCOC2CCCCC21. The zero-order chi connectivity index (χ0) is 16.4. The normalized spacial score (nSPS) is 31.2. The van der Waals surface area contributed by atoms with Gasteiger partial charge in [-0.05, 0) is 32.2 Å². The maximum absolute atomic E-state index is 13.0. The highest BCUT2D eigenvalue weighted by Gasteiger charge is 2.38. The van der Waals surface area contributed by atoms with Crippen LogP contribution >= 0.6 is 0 Å². The van der Waals surface area contributed by atoms with Crippen LogP contribution in [0.4, 0.5) is 0 Å². The molecule has 0 bridgehead atoms. The number of rotatable bonds is 4. The number of fused-ring (bicyclic) bond motifs is 1. The van der Waals surface area contributed by atoms with Gasteiger partial charge in [-0.3, -0.25) is 14.4 Å². The smallest absolute Gasteiger partial charge is 0.237 e. The molecule has 1 amide bonds. The molecule has 7 heteroatoms. The van der Waals surface area contributed by atoms with E-state index < -0.39 is 0 Å². The highest BCUT2D eigenvalue weighted by molar-refractivity contribution is 5.79. The van der Waals surface area contributed by atoms with Crippen LogP contribution in [-0.4, -0.2) is 74.9 Å². The van der Waals surface area contributed by atoms with Crippen LogP contribution in [0.15, 0.2) is 12.7 Å². The molecule has 7 nitrogen and oxygen atoms in total. The van der Waals surface area contributed by atoms with Crippen LogP contribution in [0.5, 0.6) is 0 Å². The molecule has 3 atom stereocenters. The number of nitrogens with zero attached hydrogens (tertiary/aromatic N) is 5. The number of carbonyl (C=O) groups excluding carboxylic acids is 1. The second kappa shape index (κ2) is 7.19. The van der Waals surface area contributed by atoms with Crippen molar-refractivity contribution in [1.82, 2.24) is 24.6 Å². The summed E-state index contributed by atoms with van der Waals surface area (Å²) >= 11 is 0. The van der Waals surface area contributed by atoms with Crippen molar-refractivity contribution in [3.8, 4) is 0 Å². The van der Waals surface area contributed by atoms with Crippen LogP contribution in [-0.2, 0) is 16.1 Å².